The zero-order valence-electron chi connectivity index (χ0n) is 26.3. The van der Waals surface area contributed by atoms with Crippen molar-refractivity contribution >= 4 is 24.5 Å². The molecule has 224 valence electrons. The average molecular weight is 553 g/mol. The number of unbranched alkanes of at least 4 members (excludes halogenated alkanes) is 2. The van der Waals surface area contributed by atoms with Crippen LogP contribution in [0.2, 0.25) is 0 Å². The normalized spacial score (nSPS) is 12.3. The molecule has 1 fully saturated rings. The van der Waals surface area contributed by atoms with Crippen LogP contribution >= 0.6 is 0 Å². The smallest absolute Gasteiger partial charge is 0.116 e. The lowest BCUT2D eigenvalue weighted by molar-refractivity contribution is -0.106. The molecule has 6 heteroatoms. The lowest BCUT2D eigenvalue weighted by Crippen LogP contribution is -2.39. The first-order valence-electron chi connectivity index (χ1n) is 14.5. The summed E-state index contributed by atoms with van der Waals surface area (Å²) in [5.74, 6) is 2.55. The Morgan fingerprint density at radius 1 is 1.07 bits per heavy atom. The van der Waals surface area contributed by atoms with E-state index in [2.05, 4.69) is 66.5 Å². The molecule has 0 bridgehead atoms. The van der Waals surface area contributed by atoms with Crippen molar-refractivity contribution in [2.75, 3.05) is 37.7 Å². The number of likely N-dealkylation sites (tertiary alicyclic amines) is 1. The molecule has 0 aromatic heterocycles. The van der Waals surface area contributed by atoms with Crippen molar-refractivity contribution in [1.82, 2.24) is 10.2 Å². The van der Waals surface area contributed by atoms with Crippen LogP contribution in [-0.4, -0.2) is 50.7 Å². The number of nitrogens with one attached hydrogen (secondary N) is 2. The van der Waals surface area contributed by atoms with E-state index in [0.29, 0.717) is 6.04 Å². The number of terminal acetylenes is 1. The van der Waals surface area contributed by atoms with Crippen LogP contribution < -0.4 is 16.4 Å². The highest BCUT2D eigenvalue weighted by atomic mass is 16.1. The van der Waals surface area contributed by atoms with Crippen LogP contribution in [0.4, 0.5) is 11.4 Å². The van der Waals surface area contributed by atoms with E-state index in [-0.39, 0.29) is 0 Å². The second-order valence-electron chi connectivity index (χ2n) is 9.72. The number of piperidine rings is 1. The van der Waals surface area contributed by atoms with Gasteiger partial charge in [0, 0.05) is 36.9 Å². The highest BCUT2D eigenvalue weighted by Crippen LogP contribution is 2.21. The van der Waals surface area contributed by atoms with Crippen molar-refractivity contribution in [2.45, 2.75) is 92.7 Å². The molecule has 6 nitrogen and oxygen atoms in total. The zero-order chi connectivity index (χ0) is 30.8. The maximum Gasteiger partial charge on any atom is 0.116 e. The molecular formula is C34H56N4O2. The molecule has 4 N–H and O–H groups in total. The third-order valence-corrected chi connectivity index (χ3v) is 6.35. The van der Waals surface area contributed by atoms with Crippen LogP contribution in [0.3, 0.4) is 0 Å². The van der Waals surface area contributed by atoms with Crippen molar-refractivity contribution in [2.24, 2.45) is 0 Å². The Hall–Kier alpha value is -3.14. The number of anilines is 2. The highest BCUT2D eigenvalue weighted by molar-refractivity contribution is 5.61. The maximum atomic E-state index is 8.81. The maximum absolute atomic E-state index is 8.81. The van der Waals surface area contributed by atoms with Crippen LogP contribution in [0.5, 0.6) is 0 Å². The second kappa shape index (κ2) is 26.1. The number of nitrogen functional groups attached to an aromatic ring is 1. The molecule has 1 saturated heterocycles. The van der Waals surface area contributed by atoms with Crippen molar-refractivity contribution in [3.63, 3.8) is 0 Å². The molecule has 3 rings (SSSR count). The highest BCUT2D eigenvalue weighted by Gasteiger charge is 2.19. The summed E-state index contributed by atoms with van der Waals surface area (Å²) in [5.41, 5.74) is 12.1. The summed E-state index contributed by atoms with van der Waals surface area (Å²) in [7, 11) is 2.00. The van der Waals surface area contributed by atoms with Gasteiger partial charge in [0.25, 0.3) is 0 Å². The van der Waals surface area contributed by atoms with Gasteiger partial charge in [0.15, 0.2) is 0 Å². The Morgan fingerprint density at radius 3 is 2.15 bits per heavy atom. The largest absolute Gasteiger partial charge is 0.398 e. The standard InChI is InChI=1S/C17H29N3.C10H11N.C4H10.C2H4O.CH2O/c1-3-4-11-20-12-9-16(10-13-20)19-17-8-6-5-7-15(17)14-18-2;1-4-9-6-7(2)5-8(3)10(9)11;1-3-4-2;1-2-3;1-2/h5-8,16,18-19H,3-4,9-14H2,1-2H3;1,5-6H,11H2,2-3H3;3-4H2,1-2H3;2H,1H3;1H2. The summed E-state index contributed by atoms with van der Waals surface area (Å²) in [6.45, 7) is 18.7. The van der Waals surface area contributed by atoms with E-state index in [4.69, 9.17) is 21.7 Å². The van der Waals surface area contributed by atoms with E-state index >= 15 is 0 Å². The van der Waals surface area contributed by atoms with E-state index in [1.165, 1.54) is 76.3 Å². The third kappa shape index (κ3) is 17.4. The van der Waals surface area contributed by atoms with Gasteiger partial charge in [0.2, 0.25) is 0 Å². The Bertz CT molecular complexity index is 945. The van der Waals surface area contributed by atoms with E-state index < -0.39 is 0 Å². The van der Waals surface area contributed by atoms with Gasteiger partial charge in [-0.25, -0.2) is 0 Å². The summed E-state index contributed by atoms with van der Waals surface area (Å²) in [5, 5.41) is 6.99. The lowest BCUT2D eigenvalue weighted by Gasteiger charge is -2.33. The molecule has 1 heterocycles. The number of carbonyl (C=O) groups excluding carboxylic acids is 2. The Morgan fingerprint density at radius 2 is 1.65 bits per heavy atom. The summed E-state index contributed by atoms with van der Waals surface area (Å²) in [6.07, 6.45) is 13.8. The van der Waals surface area contributed by atoms with Crippen LogP contribution in [-0.2, 0) is 16.1 Å². The minimum absolute atomic E-state index is 0.630. The molecule has 1 aliphatic heterocycles. The molecule has 2 aromatic carbocycles. The minimum Gasteiger partial charge on any atom is -0.398 e. The Kier molecular flexibility index (Phi) is 25.5. The predicted octanol–water partition coefficient (Wildman–Crippen LogP) is 6.78. The third-order valence-electron chi connectivity index (χ3n) is 6.35. The number of nitrogens with zero attached hydrogens (tertiary/aromatic N) is 1. The molecule has 0 aliphatic carbocycles. The first-order chi connectivity index (χ1) is 19.3. The number of benzene rings is 2. The number of aldehydes is 1. The average Bonchev–Trinajstić information content (AvgIpc) is 2.97. The van der Waals surface area contributed by atoms with E-state index in [1.54, 1.807) is 0 Å². The summed E-state index contributed by atoms with van der Waals surface area (Å²) < 4.78 is 0. The van der Waals surface area contributed by atoms with Crippen LogP contribution in [0.25, 0.3) is 0 Å². The molecule has 0 radical (unpaired) electrons. The summed E-state index contributed by atoms with van der Waals surface area (Å²) in [6, 6.07) is 13.2. The predicted molar refractivity (Wildman–Crippen MR) is 175 cm³/mol. The number of para-hydroxylation sites is 1. The minimum atomic E-state index is 0.630. The van der Waals surface area contributed by atoms with Gasteiger partial charge in [-0.15, -0.1) is 6.42 Å². The SMILES string of the molecule is C#Cc1cc(C)cc(C)c1N.C=O.CC=O.CCCC.CCCCN1CCC(Nc2ccccc2CNC)CC1. The lowest BCUT2D eigenvalue weighted by atomic mass is 10.0. The van der Waals surface area contributed by atoms with Crippen molar-refractivity contribution in [1.29, 1.82) is 0 Å². The Balaban J connectivity index is 0. The van der Waals surface area contributed by atoms with Gasteiger partial charge >= 0.3 is 0 Å². The number of rotatable bonds is 8. The number of nitrogens with two attached hydrogens (primary N) is 1. The van der Waals surface area contributed by atoms with Crippen LogP contribution in [0.1, 0.15) is 88.5 Å². The topological polar surface area (TPSA) is 87.5 Å². The van der Waals surface area contributed by atoms with Crippen LogP contribution in [0, 0.1) is 26.2 Å². The quantitative estimate of drug-likeness (QED) is 0.190. The molecule has 0 saturated carbocycles. The number of aryl methyl sites for hydroxylation is 2. The number of hydrogen-bond donors (Lipinski definition) is 3. The number of hydrogen-bond acceptors (Lipinski definition) is 6. The Labute approximate surface area is 245 Å². The van der Waals surface area contributed by atoms with Gasteiger partial charge < -0.3 is 30.9 Å². The van der Waals surface area contributed by atoms with Crippen molar-refractivity contribution < 1.29 is 9.59 Å². The molecular weight excluding hydrogens is 496 g/mol. The van der Waals surface area contributed by atoms with Gasteiger partial charge in [0.1, 0.15) is 13.1 Å². The molecule has 0 spiro atoms. The zero-order valence-corrected chi connectivity index (χ0v) is 26.3. The fourth-order valence-corrected chi connectivity index (χ4v) is 4.01. The molecule has 0 amide bonds. The molecule has 40 heavy (non-hydrogen) atoms. The molecule has 1 aliphatic rings. The fraction of sp³-hybridized carbons (Fsp3) is 0.529. The molecule has 2 aromatic rings. The first-order valence-corrected chi connectivity index (χ1v) is 14.5. The van der Waals surface area contributed by atoms with E-state index in [0.717, 1.165) is 35.2 Å². The van der Waals surface area contributed by atoms with Gasteiger partial charge in [-0.2, -0.15) is 0 Å². The van der Waals surface area contributed by atoms with Gasteiger partial charge in [0.05, 0.1) is 5.69 Å². The summed E-state index contributed by atoms with van der Waals surface area (Å²) in [4.78, 5) is 19.4. The summed E-state index contributed by atoms with van der Waals surface area (Å²) >= 11 is 0. The van der Waals surface area contributed by atoms with Crippen molar-refractivity contribution in [3.8, 4) is 12.3 Å². The van der Waals surface area contributed by atoms with Crippen LogP contribution in [0.15, 0.2) is 36.4 Å². The fourth-order valence-electron chi connectivity index (χ4n) is 4.01. The van der Waals surface area contributed by atoms with Crippen molar-refractivity contribution in [3.05, 3.63) is 58.7 Å². The van der Waals surface area contributed by atoms with Gasteiger partial charge in [-0.1, -0.05) is 70.2 Å². The van der Waals surface area contributed by atoms with E-state index in [1.807, 2.05) is 39.8 Å². The molecule has 0 atom stereocenters. The first kappa shape index (κ1) is 39.0. The monoisotopic (exact) mass is 552 g/mol. The second-order valence-corrected chi connectivity index (χ2v) is 9.72. The number of carbonyl (C=O) groups is 2. The van der Waals surface area contributed by atoms with E-state index in [9.17, 15) is 0 Å². The van der Waals surface area contributed by atoms with Gasteiger partial charge in [-0.05, 0) is 82.4 Å². The molecule has 0 unspecified atom stereocenters. The van der Waals surface area contributed by atoms with Gasteiger partial charge in [-0.3, -0.25) is 0 Å².